The zero-order valence-electron chi connectivity index (χ0n) is 11.0. The first-order valence-electron chi connectivity index (χ1n) is 5.88. The quantitative estimate of drug-likeness (QED) is 0.753. The molecule has 2 aromatic carbocycles. The molecule has 0 amide bonds. The van der Waals surface area contributed by atoms with Crippen molar-refractivity contribution in [1.82, 2.24) is 4.72 Å². The first kappa shape index (κ1) is 15.6. The topological polar surface area (TPSA) is 84.2 Å². The van der Waals surface area contributed by atoms with Crippen LogP contribution >= 0.6 is 11.6 Å². The minimum atomic E-state index is -3.74. The van der Waals surface area contributed by atoms with E-state index in [1.807, 2.05) is 0 Å². The van der Waals surface area contributed by atoms with Gasteiger partial charge in [0.25, 0.3) is 0 Å². The van der Waals surface area contributed by atoms with Crippen molar-refractivity contribution in [1.29, 1.82) is 0 Å². The Morgan fingerprint density at radius 1 is 1.14 bits per heavy atom. The summed E-state index contributed by atoms with van der Waals surface area (Å²) in [5.74, 6) is -0.552. The van der Waals surface area contributed by atoms with Gasteiger partial charge < -0.3 is 11.1 Å². The smallest absolute Gasteiger partial charge is 0.242 e. The molecule has 0 spiro atoms. The van der Waals surface area contributed by atoms with Crippen LogP contribution in [0.3, 0.4) is 0 Å². The van der Waals surface area contributed by atoms with Crippen LogP contribution in [0.1, 0.15) is 0 Å². The van der Waals surface area contributed by atoms with Crippen LogP contribution in [0, 0.1) is 5.82 Å². The molecule has 0 atom stereocenters. The number of nitrogen functional groups attached to an aromatic ring is 1. The average molecular weight is 330 g/mol. The number of nitrogens with one attached hydrogen (secondary N) is 2. The highest BCUT2D eigenvalue weighted by atomic mass is 35.5. The summed E-state index contributed by atoms with van der Waals surface area (Å²) in [7, 11) is -2.46. The fourth-order valence-electron chi connectivity index (χ4n) is 1.71. The summed E-state index contributed by atoms with van der Waals surface area (Å²) in [6, 6.07) is 8.21. The lowest BCUT2D eigenvalue weighted by molar-refractivity contribution is 0.588. The predicted molar refractivity (Wildman–Crippen MR) is 81.8 cm³/mol. The predicted octanol–water partition coefficient (Wildman–Crippen LogP) is 2.71. The summed E-state index contributed by atoms with van der Waals surface area (Å²) in [6.45, 7) is 0. The number of hydrogen-bond donors (Lipinski definition) is 3. The first-order valence-corrected chi connectivity index (χ1v) is 7.75. The molecule has 8 heteroatoms. The molecule has 0 aliphatic heterocycles. The van der Waals surface area contributed by atoms with E-state index in [0.29, 0.717) is 5.02 Å². The molecule has 0 heterocycles. The van der Waals surface area contributed by atoms with Crippen molar-refractivity contribution in [2.24, 2.45) is 0 Å². The Morgan fingerprint density at radius 2 is 1.86 bits per heavy atom. The number of benzene rings is 2. The fourth-order valence-corrected chi connectivity index (χ4v) is 2.80. The Morgan fingerprint density at radius 3 is 2.52 bits per heavy atom. The van der Waals surface area contributed by atoms with Gasteiger partial charge in [-0.15, -0.1) is 0 Å². The Labute approximate surface area is 127 Å². The van der Waals surface area contributed by atoms with Gasteiger partial charge in [0, 0.05) is 10.7 Å². The highest BCUT2D eigenvalue weighted by Crippen LogP contribution is 2.29. The van der Waals surface area contributed by atoms with Crippen molar-refractivity contribution >= 4 is 38.7 Å². The Bertz CT molecular complexity index is 781. The molecule has 0 bridgehead atoms. The molecular formula is C13H13ClFN3O2S. The zero-order chi connectivity index (χ0) is 15.6. The van der Waals surface area contributed by atoms with Crippen molar-refractivity contribution in [2.45, 2.75) is 4.90 Å². The van der Waals surface area contributed by atoms with Crippen molar-refractivity contribution < 1.29 is 12.8 Å². The van der Waals surface area contributed by atoms with Crippen molar-refractivity contribution in [2.75, 3.05) is 18.1 Å². The van der Waals surface area contributed by atoms with Crippen molar-refractivity contribution in [3.8, 4) is 0 Å². The van der Waals surface area contributed by atoms with Gasteiger partial charge in [0.15, 0.2) is 0 Å². The maximum Gasteiger partial charge on any atom is 0.242 e. The SMILES string of the molecule is CNS(=O)(=O)c1cc(N)ccc1Nc1cc(Cl)ccc1F. The lowest BCUT2D eigenvalue weighted by atomic mass is 10.2. The van der Waals surface area contributed by atoms with Gasteiger partial charge in [-0.3, -0.25) is 0 Å². The number of anilines is 3. The number of halogens is 2. The third-order valence-corrected chi connectivity index (χ3v) is 4.45. The van der Waals surface area contributed by atoms with Gasteiger partial charge in [0.05, 0.1) is 11.4 Å². The molecular weight excluding hydrogens is 317 g/mol. The van der Waals surface area contributed by atoms with Crippen LogP contribution in [0.2, 0.25) is 5.02 Å². The lowest BCUT2D eigenvalue weighted by Crippen LogP contribution is -2.20. The van der Waals surface area contributed by atoms with Gasteiger partial charge in [-0.25, -0.2) is 17.5 Å². The normalized spacial score (nSPS) is 11.4. The number of hydrogen-bond acceptors (Lipinski definition) is 4. The summed E-state index contributed by atoms with van der Waals surface area (Å²) in [5.41, 5.74) is 6.15. The number of sulfonamides is 1. The van der Waals surface area contributed by atoms with Crippen LogP contribution in [0.4, 0.5) is 21.5 Å². The van der Waals surface area contributed by atoms with E-state index in [4.69, 9.17) is 17.3 Å². The molecule has 2 aromatic rings. The molecule has 5 nitrogen and oxygen atoms in total. The van der Waals surface area contributed by atoms with Gasteiger partial charge in [-0.05, 0) is 43.4 Å². The lowest BCUT2D eigenvalue weighted by Gasteiger charge is -2.13. The van der Waals surface area contributed by atoms with Gasteiger partial charge in [-0.1, -0.05) is 11.6 Å². The fraction of sp³-hybridized carbons (Fsp3) is 0.0769. The summed E-state index contributed by atoms with van der Waals surface area (Å²) in [5, 5.41) is 3.04. The standard InChI is InChI=1S/C13H13ClFN3O2S/c1-17-21(19,20)13-7-9(16)3-5-11(13)18-12-6-8(14)2-4-10(12)15/h2-7,17-18H,16H2,1H3. The van der Waals surface area contributed by atoms with Crippen LogP contribution in [0.5, 0.6) is 0 Å². The van der Waals surface area contributed by atoms with E-state index < -0.39 is 15.8 Å². The molecule has 112 valence electrons. The van der Waals surface area contributed by atoms with Gasteiger partial charge in [0.1, 0.15) is 10.7 Å². The molecule has 0 unspecified atom stereocenters. The average Bonchev–Trinajstić information content (AvgIpc) is 2.44. The Balaban J connectivity index is 2.52. The Kier molecular flexibility index (Phi) is 4.36. The second-order valence-corrected chi connectivity index (χ2v) is 6.50. The maximum atomic E-state index is 13.7. The summed E-state index contributed by atoms with van der Waals surface area (Å²) < 4.78 is 39.9. The largest absolute Gasteiger partial charge is 0.399 e. The number of nitrogens with two attached hydrogens (primary N) is 1. The third-order valence-electron chi connectivity index (χ3n) is 2.76. The van der Waals surface area contributed by atoms with Crippen LogP contribution in [0.25, 0.3) is 0 Å². The van der Waals surface area contributed by atoms with Gasteiger partial charge >= 0.3 is 0 Å². The molecule has 0 saturated carbocycles. The van der Waals surface area contributed by atoms with Crippen molar-refractivity contribution in [3.05, 3.63) is 47.2 Å². The van der Waals surface area contributed by atoms with E-state index in [9.17, 15) is 12.8 Å². The van der Waals surface area contributed by atoms with E-state index in [1.54, 1.807) is 0 Å². The molecule has 0 aliphatic carbocycles. The van der Waals surface area contributed by atoms with Crippen molar-refractivity contribution in [3.63, 3.8) is 0 Å². The minimum Gasteiger partial charge on any atom is -0.399 e. The van der Waals surface area contributed by atoms with Crippen LogP contribution in [-0.2, 0) is 10.0 Å². The summed E-state index contributed by atoms with van der Waals surface area (Å²) >= 11 is 5.81. The van der Waals surface area contributed by atoms with Gasteiger partial charge in [0.2, 0.25) is 10.0 Å². The molecule has 0 aliphatic rings. The molecule has 21 heavy (non-hydrogen) atoms. The monoisotopic (exact) mass is 329 g/mol. The van der Waals surface area contributed by atoms with E-state index in [2.05, 4.69) is 10.0 Å². The van der Waals surface area contributed by atoms with E-state index in [-0.39, 0.29) is 22.0 Å². The summed E-state index contributed by atoms with van der Waals surface area (Å²) in [6.07, 6.45) is 0. The van der Waals surface area contributed by atoms with E-state index in [1.165, 1.54) is 43.4 Å². The third kappa shape index (κ3) is 3.44. The second-order valence-electron chi connectivity index (χ2n) is 4.21. The molecule has 0 fully saturated rings. The molecule has 0 saturated heterocycles. The molecule has 0 aromatic heterocycles. The highest BCUT2D eigenvalue weighted by molar-refractivity contribution is 7.89. The highest BCUT2D eigenvalue weighted by Gasteiger charge is 2.18. The number of rotatable bonds is 4. The first-order chi connectivity index (χ1) is 9.83. The minimum absolute atomic E-state index is 0.0693. The van der Waals surface area contributed by atoms with E-state index in [0.717, 1.165) is 0 Å². The molecule has 0 radical (unpaired) electrons. The molecule has 4 N–H and O–H groups in total. The molecule has 2 rings (SSSR count). The second kappa shape index (κ2) is 5.88. The zero-order valence-corrected chi connectivity index (χ0v) is 12.6. The van der Waals surface area contributed by atoms with Gasteiger partial charge in [-0.2, -0.15) is 0 Å². The van der Waals surface area contributed by atoms with Crippen LogP contribution < -0.4 is 15.8 Å². The van der Waals surface area contributed by atoms with E-state index >= 15 is 0 Å². The summed E-state index contributed by atoms with van der Waals surface area (Å²) in [4.78, 5) is -0.0793. The Hall–Kier alpha value is -1.83. The van der Waals surface area contributed by atoms with Crippen LogP contribution in [0.15, 0.2) is 41.3 Å². The van der Waals surface area contributed by atoms with Crippen LogP contribution in [-0.4, -0.2) is 15.5 Å². The maximum absolute atomic E-state index is 13.7.